The van der Waals surface area contributed by atoms with Crippen LogP contribution in [0.1, 0.15) is 59.4 Å². The summed E-state index contributed by atoms with van der Waals surface area (Å²) in [5.41, 5.74) is 2.83. The first-order chi connectivity index (χ1) is 12.7. The van der Waals surface area contributed by atoms with Crippen molar-refractivity contribution in [1.29, 1.82) is 0 Å². The van der Waals surface area contributed by atoms with Crippen molar-refractivity contribution in [2.75, 3.05) is 13.1 Å². The van der Waals surface area contributed by atoms with Crippen LogP contribution in [0.5, 0.6) is 0 Å². The third-order valence-electron chi connectivity index (χ3n) is 5.43. The number of amides is 1. The standard InChI is InChI=1S/C18H20N6O2/c1-11-16-14(10-15(12-2-3-12)20-17(16)26-21-11)18(25)23-7-4-13(5-8-23)24-9-6-19-22-24/h6,9-10,12-13H,2-5,7-8H2,1H3. The first-order valence-electron chi connectivity index (χ1n) is 9.12. The number of hydrogen-bond donors (Lipinski definition) is 0. The largest absolute Gasteiger partial charge is 0.338 e. The van der Waals surface area contributed by atoms with E-state index in [1.807, 2.05) is 28.8 Å². The molecule has 0 unspecified atom stereocenters. The van der Waals surface area contributed by atoms with E-state index in [2.05, 4.69) is 20.5 Å². The first kappa shape index (κ1) is 15.5. The van der Waals surface area contributed by atoms with Gasteiger partial charge in [-0.15, -0.1) is 5.10 Å². The van der Waals surface area contributed by atoms with Gasteiger partial charge < -0.3 is 9.42 Å². The summed E-state index contributed by atoms with van der Waals surface area (Å²) < 4.78 is 7.25. The number of hydrogen-bond acceptors (Lipinski definition) is 6. The monoisotopic (exact) mass is 352 g/mol. The molecule has 134 valence electrons. The molecule has 0 bridgehead atoms. The van der Waals surface area contributed by atoms with Gasteiger partial charge in [0.2, 0.25) is 0 Å². The maximum absolute atomic E-state index is 13.2. The maximum atomic E-state index is 13.2. The van der Waals surface area contributed by atoms with Crippen molar-refractivity contribution in [2.45, 2.75) is 44.6 Å². The first-order valence-corrected chi connectivity index (χ1v) is 9.12. The molecule has 1 amide bonds. The quantitative estimate of drug-likeness (QED) is 0.719. The van der Waals surface area contributed by atoms with Crippen LogP contribution in [-0.2, 0) is 0 Å². The highest BCUT2D eigenvalue weighted by atomic mass is 16.5. The van der Waals surface area contributed by atoms with Crippen molar-refractivity contribution in [3.63, 3.8) is 0 Å². The Morgan fingerprint density at radius 1 is 1.23 bits per heavy atom. The van der Waals surface area contributed by atoms with Crippen LogP contribution in [0.4, 0.5) is 0 Å². The van der Waals surface area contributed by atoms with Crippen LogP contribution >= 0.6 is 0 Å². The minimum atomic E-state index is 0.0441. The van der Waals surface area contributed by atoms with Crippen molar-refractivity contribution < 1.29 is 9.32 Å². The number of carbonyl (C=O) groups excluding carboxylic acids is 1. The van der Waals surface area contributed by atoms with E-state index >= 15 is 0 Å². The summed E-state index contributed by atoms with van der Waals surface area (Å²) in [6.45, 7) is 3.27. The summed E-state index contributed by atoms with van der Waals surface area (Å²) >= 11 is 0. The van der Waals surface area contributed by atoms with Gasteiger partial charge in [0, 0.05) is 30.9 Å². The maximum Gasteiger partial charge on any atom is 0.259 e. The summed E-state index contributed by atoms with van der Waals surface area (Å²) in [6.07, 6.45) is 7.59. The molecule has 1 aliphatic heterocycles. The Labute approximate surface area is 150 Å². The van der Waals surface area contributed by atoms with Crippen LogP contribution in [-0.4, -0.2) is 49.0 Å². The summed E-state index contributed by atoms with van der Waals surface area (Å²) in [6, 6.07) is 2.26. The number of likely N-dealkylation sites (tertiary alicyclic amines) is 1. The van der Waals surface area contributed by atoms with Crippen LogP contribution in [0.2, 0.25) is 0 Å². The smallest absolute Gasteiger partial charge is 0.259 e. The molecule has 0 radical (unpaired) electrons. The van der Waals surface area contributed by atoms with E-state index in [0.717, 1.165) is 42.5 Å². The summed E-state index contributed by atoms with van der Waals surface area (Å²) in [5.74, 6) is 0.497. The second-order valence-electron chi connectivity index (χ2n) is 7.22. The molecule has 3 aromatic rings. The van der Waals surface area contributed by atoms with Crippen molar-refractivity contribution in [1.82, 2.24) is 30.0 Å². The van der Waals surface area contributed by atoms with Crippen LogP contribution in [0, 0.1) is 6.92 Å². The molecule has 4 heterocycles. The van der Waals surface area contributed by atoms with E-state index in [9.17, 15) is 4.79 Å². The number of aryl methyl sites for hydroxylation is 1. The third-order valence-corrected chi connectivity index (χ3v) is 5.43. The zero-order chi connectivity index (χ0) is 17.7. The van der Waals surface area contributed by atoms with Gasteiger partial charge >= 0.3 is 0 Å². The van der Waals surface area contributed by atoms with E-state index < -0.39 is 0 Å². The molecule has 2 fully saturated rings. The van der Waals surface area contributed by atoms with Gasteiger partial charge in [-0.05, 0) is 38.7 Å². The number of piperidine rings is 1. The molecular formula is C18H20N6O2. The minimum absolute atomic E-state index is 0.0441. The summed E-state index contributed by atoms with van der Waals surface area (Å²) in [4.78, 5) is 19.7. The Morgan fingerprint density at radius 2 is 2.04 bits per heavy atom. The molecule has 1 aliphatic carbocycles. The number of aromatic nitrogens is 5. The van der Waals surface area contributed by atoms with Gasteiger partial charge in [0.15, 0.2) is 0 Å². The lowest BCUT2D eigenvalue weighted by molar-refractivity contribution is 0.0691. The Kier molecular flexibility index (Phi) is 3.51. The fraction of sp³-hybridized carbons (Fsp3) is 0.500. The molecule has 3 aromatic heterocycles. The lowest BCUT2D eigenvalue weighted by atomic mass is 10.0. The summed E-state index contributed by atoms with van der Waals surface area (Å²) in [7, 11) is 0. The predicted octanol–water partition coefficient (Wildman–Crippen LogP) is 2.48. The molecule has 26 heavy (non-hydrogen) atoms. The average molecular weight is 352 g/mol. The number of rotatable bonds is 3. The van der Waals surface area contributed by atoms with Gasteiger partial charge in [-0.1, -0.05) is 10.4 Å². The molecule has 0 spiro atoms. The van der Waals surface area contributed by atoms with Crippen molar-refractivity contribution >= 4 is 17.0 Å². The van der Waals surface area contributed by atoms with Gasteiger partial charge in [-0.2, -0.15) is 0 Å². The molecule has 1 saturated heterocycles. The Balaban J connectivity index is 1.42. The molecule has 0 N–H and O–H groups in total. The van der Waals surface area contributed by atoms with E-state index in [4.69, 9.17) is 4.52 Å². The van der Waals surface area contributed by atoms with E-state index in [0.29, 0.717) is 36.3 Å². The number of fused-ring (bicyclic) bond motifs is 1. The fourth-order valence-corrected chi connectivity index (χ4v) is 3.79. The Bertz CT molecular complexity index is 952. The molecule has 2 aliphatic rings. The molecule has 5 rings (SSSR count). The van der Waals surface area contributed by atoms with Crippen LogP contribution in [0.3, 0.4) is 0 Å². The van der Waals surface area contributed by atoms with Gasteiger partial charge in [0.05, 0.1) is 28.9 Å². The molecule has 8 nitrogen and oxygen atoms in total. The topological polar surface area (TPSA) is 89.9 Å². The lowest BCUT2D eigenvalue weighted by Crippen LogP contribution is -2.39. The van der Waals surface area contributed by atoms with Gasteiger partial charge in [0.1, 0.15) is 0 Å². The second-order valence-corrected chi connectivity index (χ2v) is 7.22. The van der Waals surface area contributed by atoms with Crippen LogP contribution < -0.4 is 0 Å². The van der Waals surface area contributed by atoms with Crippen LogP contribution in [0.25, 0.3) is 11.1 Å². The highest BCUT2D eigenvalue weighted by Gasteiger charge is 2.31. The van der Waals surface area contributed by atoms with E-state index in [1.54, 1.807) is 6.20 Å². The Hall–Kier alpha value is -2.77. The number of pyridine rings is 1. The normalized spacial score (nSPS) is 18.6. The molecule has 0 atom stereocenters. The van der Waals surface area contributed by atoms with E-state index in [-0.39, 0.29) is 5.91 Å². The third kappa shape index (κ3) is 2.56. The molecular weight excluding hydrogens is 332 g/mol. The zero-order valence-corrected chi connectivity index (χ0v) is 14.6. The lowest BCUT2D eigenvalue weighted by Gasteiger charge is -2.32. The predicted molar refractivity (Wildman–Crippen MR) is 92.7 cm³/mol. The SMILES string of the molecule is Cc1noc2nc(C3CC3)cc(C(=O)N3CCC(n4ccnn4)CC3)c12. The van der Waals surface area contributed by atoms with Gasteiger partial charge in [-0.3, -0.25) is 4.79 Å². The van der Waals surface area contributed by atoms with Gasteiger partial charge in [-0.25, -0.2) is 9.67 Å². The fourth-order valence-electron chi connectivity index (χ4n) is 3.79. The van der Waals surface area contributed by atoms with Crippen LogP contribution in [0.15, 0.2) is 23.0 Å². The molecule has 1 saturated carbocycles. The Morgan fingerprint density at radius 3 is 2.73 bits per heavy atom. The average Bonchev–Trinajstić information content (AvgIpc) is 3.25. The highest BCUT2D eigenvalue weighted by molar-refractivity contribution is 6.06. The molecule has 8 heteroatoms. The van der Waals surface area contributed by atoms with Crippen molar-refractivity contribution in [3.05, 3.63) is 35.4 Å². The minimum Gasteiger partial charge on any atom is -0.338 e. The summed E-state index contributed by atoms with van der Waals surface area (Å²) in [5, 5.41) is 12.7. The highest BCUT2D eigenvalue weighted by Crippen LogP contribution is 2.40. The van der Waals surface area contributed by atoms with Crippen molar-refractivity contribution in [2.24, 2.45) is 0 Å². The van der Waals surface area contributed by atoms with E-state index in [1.165, 1.54) is 0 Å². The number of carbonyl (C=O) groups is 1. The van der Waals surface area contributed by atoms with Gasteiger partial charge in [0.25, 0.3) is 11.6 Å². The molecule has 0 aromatic carbocycles. The zero-order valence-electron chi connectivity index (χ0n) is 14.6. The van der Waals surface area contributed by atoms with Crippen molar-refractivity contribution in [3.8, 4) is 0 Å². The second kappa shape index (κ2) is 5.89. The number of nitrogens with zero attached hydrogens (tertiary/aromatic N) is 6.